The first-order valence-corrected chi connectivity index (χ1v) is 15.2. The molecule has 11 heteroatoms. The highest BCUT2D eigenvalue weighted by molar-refractivity contribution is 5.95. The summed E-state index contributed by atoms with van der Waals surface area (Å²) < 4.78 is 12.1. The average Bonchev–Trinajstić information content (AvgIpc) is 3.46. The number of benzene rings is 1. The minimum atomic E-state index is -0.235. The number of methoxy groups -OCH3 is 1. The van der Waals surface area contributed by atoms with Crippen molar-refractivity contribution in [2.45, 2.75) is 39.7 Å². The number of piperazine rings is 1. The second kappa shape index (κ2) is 12.5. The summed E-state index contributed by atoms with van der Waals surface area (Å²) in [5, 5.41) is 21.9. The smallest absolute Gasteiger partial charge is 0.225 e. The third-order valence-electron chi connectivity index (χ3n) is 8.78. The highest BCUT2D eigenvalue weighted by Crippen LogP contribution is 2.39. The van der Waals surface area contributed by atoms with Crippen LogP contribution >= 0.6 is 0 Å². The number of pyridine rings is 2. The number of rotatable bonds is 7. The van der Waals surface area contributed by atoms with E-state index in [2.05, 4.69) is 31.5 Å². The van der Waals surface area contributed by atoms with E-state index in [-0.39, 0.29) is 17.9 Å². The molecule has 0 saturated carbocycles. The molecule has 228 valence electrons. The van der Waals surface area contributed by atoms with E-state index in [0.717, 1.165) is 59.1 Å². The van der Waals surface area contributed by atoms with Crippen LogP contribution in [0.1, 0.15) is 48.1 Å². The molecule has 1 aromatic carbocycles. The van der Waals surface area contributed by atoms with Crippen LogP contribution in [0.2, 0.25) is 0 Å². The number of hydrogen-bond acceptors (Lipinski definition) is 9. The standard InChI is InChI=1S/C33H38N8O3/c1-20-17-36-18-21(2)30(20)22(3)44-29-14-26-27(15-28(29)43-4)38-39-31(26)25-13-24(16-34)32(37-19-25)40-9-11-41(12-10-40)33(42)23-5-7-35-8-6-23/h13-15,17-19,22-23,35H,5-12H2,1-4H3,(H,38,39)/t22-/m1/s1. The molecule has 44 heavy (non-hydrogen) atoms. The summed E-state index contributed by atoms with van der Waals surface area (Å²) in [5.41, 5.74) is 5.86. The second-order valence-corrected chi connectivity index (χ2v) is 11.6. The molecule has 6 rings (SSSR count). The van der Waals surface area contributed by atoms with E-state index in [1.807, 2.05) is 56.3 Å². The van der Waals surface area contributed by atoms with E-state index in [0.29, 0.717) is 54.8 Å². The van der Waals surface area contributed by atoms with E-state index >= 15 is 0 Å². The van der Waals surface area contributed by atoms with Crippen LogP contribution in [-0.4, -0.2) is 77.4 Å². The number of fused-ring (bicyclic) bond motifs is 1. The molecule has 1 amide bonds. The van der Waals surface area contributed by atoms with Crippen molar-refractivity contribution in [3.8, 4) is 28.8 Å². The number of hydrogen-bond donors (Lipinski definition) is 2. The number of carbonyl (C=O) groups is 1. The highest BCUT2D eigenvalue weighted by Gasteiger charge is 2.29. The molecule has 3 aromatic heterocycles. The lowest BCUT2D eigenvalue weighted by molar-refractivity contribution is -0.136. The minimum Gasteiger partial charge on any atom is -0.493 e. The maximum Gasteiger partial charge on any atom is 0.225 e. The van der Waals surface area contributed by atoms with Crippen LogP contribution in [-0.2, 0) is 4.79 Å². The predicted octanol–water partition coefficient (Wildman–Crippen LogP) is 4.31. The number of ether oxygens (including phenoxy) is 2. The van der Waals surface area contributed by atoms with Crippen molar-refractivity contribution in [3.63, 3.8) is 0 Å². The average molecular weight is 595 g/mol. The Morgan fingerprint density at radius 2 is 1.77 bits per heavy atom. The third kappa shape index (κ3) is 5.65. The Labute approximate surface area is 257 Å². The van der Waals surface area contributed by atoms with Gasteiger partial charge in [0.05, 0.1) is 18.2 Å². The topological polar surface area (TPSA) is 132 Å². The third-order valence-corrected chi connectivity index (χ3v) is 8.78. The largest absolute Gasteiger partial charge is 0.493 e. The van der Waals surface area contributed by atoms with Crippen LogP contribution in [0, 0.1) is 31.1 Å². The number of aryl methyl sites for hydroxylation is 2. The van der Waals surface area contributed by atoms with Crippen LogP contribution in [0.4, 0.5) is 5.82 Å². The Hall–Kier alpha value is -4.69. The Bertz CT molecular complexity index is 1690. The van der Waals surface area contributed by atoms with E-state index in [9.17, 15) is 10.1 Å². The van der Waals surface area contributed by atoms with Crippen molar-refractivity contribution in [3.05, 3.63) is 59.0 Å². The van der Waals surface area contributed by atoms with Gasteiger partial charge in [-0.15, -0.1) is 0 Å². The molecule has 2 aliphatic heterocycles. The number of H-pyrrole nitrogens is 1. The Morgan fingerprint density at radius 3 is 2.45 bits per heavy atom. The van der Waals surface area contributed by atoms with Gasteiger partial charge in [0.1, 0.15) is 23.7 Å². The summed E-state index contributed by atoms with van der Waals surface area (Å²) in [7, 11) is 1.62. The summed E-state index contributed by atoms with van der Waals surface area (Å²) in [6, 6.07) is 7.97. The molecule has 2 fully saturated rings. The highest BCUT2D eigenvalue weighted by atomic mass is 16.5. The van der Waals surface area contributed by atoms with Gasteiger partial charge in [-0.1, -0.05) is 0 Å². The fraction of sp³-hybridized carbons (Fsp3) is 0.424. The molecule has 11 nitrogen and oxygen atoms in total. The first-order chi connectivity index (χ1) is 21.4. The van der Waals surface area contributed by atoms with Gasteiger partial charge >= 0.3 is 0 Å². The van der Waals surface area contributed by atoms with Crippen molar-refractivity contribution in [2.75, 3.05) is 51.3 Å². The summed E-state index contributed by atoms with van der Waals surface area (Å²) in [6.07, 6.45) is 7.00. The molecular formula is C33H38N8O3. The van der Waals surface area contributed by atoms with Crippen molar-refractivity contribution in [1.82, 2.24) is 30.4 Å². The van der Waals surface area contributed by atoms with E-state index in [4.69, 9.17) is 14.5 Å². The Kier molecular flexibility index (Phi) is 8.35. The predicted molar refractivity (Wildman–Crippen MR) is 168 cm³/mol. The maximum absolute atomic E-state index is 13.0. The van der Waals surface area contributed by atoms with Crippen LogP contribution < -0.4 is 19.7 Å². The zero-order valence-corrected chi connectivity index (χ0v) is 25.7. The van der Waals surface area contributed by atoms with Crippen molar-refractivity contribution < 1.29 is 14.3 Å². The van der Waals surface area contributed by atoms with Gasteiger partial charge in [-0.2, -0.15) is 10.4 Å². The second-order valence-electron chi connectivity index (χ2n) is 11.6. The lowest BCUT2D eigenvalue weighted by Crippen LogP contribution is -2.51. The molecular weight excluding hydrogens is 556 g/mol. The number of aromatic nitrogens is 4. The van der Waals surface area contributed by atoms with E-state index < -0.39 is 0 Å². The number of nitriles is 1. The number of anilines is 1. The molecule has 5 heterocycles. The maximum atomic E-state index is 13.0. The zero-order valence-electron chi connectivity index (χ0n) is 25.7. The zero-order chi connectivity index (χ0) is 30.8. The normalized spacial score (nSPS) is 16.5. The molecule has 2 saturated heterocycles. The minimum absolute atomic E-state index is 0.108. The van der Waals surface area contributed by atoms with Crippen molar-refractivity contribution in [1.29, 1.82) is 5.26 Å². The van der Waals surface area contributed by atoms with Gasteiger partial charge in [0, 0.05) is 73.3 Å². The number of nitrogens with one attached hydrogen (secondary N) is 2. The fourth-order valence-electron chi connectivity index (χ4n) is 6.48. The quantitative estimate of drug-likeness (QED) is 0.321. The number of amides is 1. The number of nitrogens with zero attached hydrogens (tertiary/aromatic N) is 6. The van der Waals surface area contributed by atoms with Crippen molar-refractivity contribution >= 4 is 22.6 Å². The first-order valence-electron chi connectivity index (χ1n) is 15.2. The van der Waals surface area contributed by atoms with Crippen LogP contribution in [0.15, 0.2) is 36.8 Å². The van der Waals surface area contributed by atoms with Crippen LogP contribution in [0.3, 0.4) is 0 Å². The lowest BCUT2D eigenvalue weighted by atomic mass is 9.96. The van der Waals surface area contributed by atoms with Gasteiger partial charge < -0.3 is 24.6 Å². The van der Waals surface area contributed by atoms with Crippen molar-refractivity contribution in [2.24, 2.45) is 5.92 Å². The monoisotopic (exact) mass is 594 g/mol. The van der Waals surface area contributed by atoms with Gasteiger partial charge in [0.15, 0.2) is 11.5 Å². The number of carbonyl (C=O) groups excluding carboxylic acids is 1. The summed E-state index contributed by atoms with van der Waals surface area (Å²) >= 11 is 0. The van der Waals surface area contributed by atoms with Gasteiger partial charge in [0.2, 0.25) is 5.91 Å². The first kappa shape index (κ1) is 29.4. The summed E-state index contributed by atoms with van der Waals surface area (Å²) in [4.78, 5) is 26.1. The summed E-state index contributed by atoms with van der Waals surface area (Å²) in [5.74, 6) is 2.17. The molecule has 2 aliphatic rings. The summed E-state index contributed by atoms with van der Waals surface area (Å²) in [6.45, 7) is 10.4. The van der Waals surface area contributed by atoms with E-state index in [1.54, 1.807) is 13.3 Å². The molecule has 0 bridgehead atoms. The number of aromatic amines is 1. The SMILES string of the molecule is COc1cc2[nH]nc(-c3cnc(N4CCN(C(=O)C5CCNCC5)CC4)c(C#N)c3)c2cc1O[C@H](C)c1c(C)cncc1C. The van der Waals surface area contributed by atoms with Crippen LogP contribution in [0.5, 0.6) is 11.5 Å². The molecule has 0 spiro atoms. The van der Waals surface area contributed by atoms with Gasteiger partial charge in [0.25, 0.3) is 0 Å². The Morgan fingerprint density at radius 1 is 1.05 bits per heavy atom. The van der Waals surface area contributed by atoms with Crippen LogP contribution in [0.25, 0.3) is 22.2 Å². The van der Waals surface area contributed by atoms with Gasteiger partial charge in [-0.25, -0.2) is 4.98 Å². The van der Waals surface area contributed by atoms with E-state index in [1.165, 1.54) is 0 Å². The molecule has 2 N–H and O–H groups in total. The van der Waals surface area contributed by atoms with Gasteiger partial charge in [-0.05, 0) is 70.0 Å². The molecule has 4 aromatic rings. The lowest BCUT2D eigenvalue weighted by Gasteiger charge is -2.38. The fourth-order valence-corrected chi connectivity index (χ4v) is 6.48. The number of piperidine rings is 1. The Balaban J connectivity index is 1.24. The molecule has 1 atom stereocenters. The van der Waals surface area contributed by atoms with Gasteiger partial charge in [-0.3, -0.25) is 14.9 Å². The molecule has 0 radical (unpaired) electrons. The molecule has 0 unspecified atom stereocenters. The molecule has 0 aliphatic carbocycles.